The quantitative estimate of drug-likeness (QED) is 0.207. The summed E-state index contributed by atoms with van der Waals surface area (Å²) in [6.07, 6.45) is 0. The van der Waals surface area contributed by atoms with Crippen molar-refractivity contribution in [2.75, 3.05) is 4.90 Å². The van der Waals surface area contributed by atoms with Crippen LogP contribution in [0.2, 0.25) is 0 Å². The lowest BCUT2D eigenvalue weighted by Crippen LogP contribution is -2.57. The van der Waals surface area contributed by atoms with Crippen LogP contribution in [0.3, 0.4) is 0 Å². The van der Waals surface area contributed by atoms with Gasteiger partial charge in [-0.15, -0.1) is 0 Å². The minimum absolute atomic E-state index is 0.130. The topological polar surface area (TPSA) is 71.5 Å². The van der Waals surface area contributed by atoms with E-state index in [0.29, 0.717) is 5.69 Å². The molecule has 1 fully saturated rings. The molecule has 1 saturated heterocycles. The Labute approximate surface area is 256 Å². The number of carbonyl (C=O) groups is 4. The Kier molecular flexibility index (Phi) is 5.69. The molecule has 2 aliphatic carbocycles. The number of hydrogen-bond acceptors (Lipinski definition) is 5. The maximum Gasteiger partial charge on any atom is 0.197 e. The molecule has 2 atom stereocenters. The Bertz CT molecular complexity index is 2040. The number of halogens is 2. The van der Waals surface area contributed by atoms with E-state index in [9.17, 15) is 0 Å². The largest absolute Gasteiger partial charge is 0.343 e. The van der Waals surface area contributed by atoms with Crippen LogP contribution in [0, 0.1) is 17.0 Å². The Morgan fingerprint density at radius 2 is 0.933 bits per heavy atom. The average Bonchev–Trinajstić information content (AvgIpc) is 3.57. The first kappa shape index (κ1) is 27.0. The number of rotatable bonds is 3. The van der Waals surface area contributed by atoms with Crippen LogP contribution >= 0.6 is 0 Å². The summed E-state index contributed by atoms with van der Waals surface area (Å²) >= 11 is 0. The second-order valence-electron chi connectivity index (χ2n) is 11.7. The number of benzene rings is 5. The third-order valence-corrected chi connectivity index (χ3v) is 9.60. The second kappa shape index (κ2) is 9.47. The molecule has 5 aromatic carbocycles. The molecule has 1 aliphatic heterocycles. The van der Waals surface area contributed by atoms with Crippen molar-refractivity contribution in [2.45, 2.75) is 17.5 Å². The van der Waals surface area contributed by atoms with E-state index in [0.717, 1.165) is 0 Å². The van der Waals surface area contributed by atoms with Crippen LogP contribution < -0.4 is 4.90 Å². The van der Waals surface area contributed by atoms with Crippen molar-refractivity contribution >= 4 is 28.8 Å². The molecule has 0 N–H and O–H groups in total. The molecule has 8 rings (SSSR count). The summed E-state index contributed by atoms with van der Waals surface area (Å²) in [5, 5.41) is 0. The molecule has 5 aromatic rings. The van der Waals surface area contributed by atoms with E-state index in [2.05, 4.69) is 0 Å². The minimum atomic E-state index is -2.21. The molecular weight excluding hydrogens is 572 g/mol. The van der Waals surface area contributed by atoms with Crippen LogP contribution in [0.25, 0.3) is 0 Å². The van der Waals surface area contributed by atoms with Gasteiger partial charge in [-0.3, -0.25) is 19.2 Å². The summed E-state index contributed by atoms with van der Waals surface area (Å²) in [4.78, 5) is 62.0. The maximum atomic E-state index is 15.2. The van der Waals surface area contributed by atoms with Gasteiger partial charge in [-0.05, 0) is 47.5 Å². The van der Waals surface area contributed by atoms with Crippen LogP contribution in [-0.4, -0.2) is 28.7 Å². The monoisotopic (exact) mass is 595 g/mol. The first-order chi connectivity index (χ1) is 21.8. The molecule has 7 heteroatoms. The maximum absolute atomic E-state index is 15.2. The molecule has 45 heavy (non-hydrogen) atoms. The summed E-state index contributed by atoms with van der Waals surface area (Å²) in [5.41, 5.74) is -3.10. The number of anilines is 1. The van der Waals surface area contributed by atoms with Crippen molar-refractivity contribution in [1.29, 1.82) is 0 Å². The van der Waals surface area contributed by atoms with E-state index < -0.39 is 57.7 Å². The van der Waals surface area contributed by atoms with Gasteiger partial charge in [0, 0.05) is 33.9 Å². The fourth-order valence-corrected chi connectivity index (χ4v) is 8.07. The first-order valence-electron chi connectivity index (χ1n) is 14.6. The molecule has 0 radical (unpaired) electrons. The molecule has 0 aromatic heterocycles. The van der Waals surface area contributed by atoms with Gasteiger partial charge >= 0.3 is 0 Å². The molecule has 3 aliphatic rings. The van der Waals surface area contributed by atoms with Crippen LogP contribution in [0.4, 0.5) is 14.5 Å². The Morgan fingerprint density at radius 3 is 1.44 bits per heavy atom. The zero-order valence-electron chi connectivity index (χ0n) is 23.6. The normalized spacial score (nSPS) is 20.7. The van der Waals surface area contributed by atoms with Crippen molar-refractivity contribution in [3.8, 4) is 0 Å². The van der Waals surface area contributed by atoms with Gasteiger partial charge in [-0.2, -0.15) is 0 Å². The fraction of sp³-hybridized carbons (Fsp3) is 0.105. The predicted molar refractivity (Wildman–Crippen MR) is 163 cm³/mol. The van der Waals surface area contributed by atoms with E-state index >= 15 is 28.0 Å². The van der Waals surface area contributed by atoms with Gasteiger partial charge < -0.3 is 4.90 Å². The number of fused-ring (bicyclic) bond motifs is 2. The van der Waals surface area contributed by atoms with Gasteiger partial charge in [0.2, 0.25) is 0 Å². The molecule has 218 valence electrons. The van der Waals surface area contributed by atoms with E-state index in [1.807, 2.05) is 0 Å². The first-order valence-corrected chi connectivity index (χ1v) is 14.6. The van der Waals surface area contributed by atoms with Crippen LogP contribution in [0.1, 0.15) is 64.5 Å². The van der Waals surface area contributed by atoms with Gasteiger partial charge in [0.1, 0.15) is 17.0 Å². The lowest BCUT2D eigenvalue weighted by Gasteiger charge is -2.40. The Morgan fingerprint density at radius 1 is 0.489 bits per heavy atom. The van der Waals surface area contributed by atoms with Crippen LogP contribution in [0.5, 0.6) is 0 Å². The lowest BCUT2D eigenvalue weighted by molar-refractivity contribution is 0.0619. The molecule has 0 bridgehead atoms. The van der Waals surface area contributed by atoms with Crippen molar-refractivity contribution in [3.63, 3.8) is 0 Å². The number of carbonyl (C=O) groups excluding carboxylic acids is 4. The average molecular weight is 596 g/mol. The van der Waals surface area contributed by atoms with Crippen LogP contribution in [0.15, 0.2) is 127 Å². The highest BCUT2D eigenvalue weighted by atomic mass is 19.1. The summed E-state index contributed by atoms with van der Waals surface area (Å²) in [6, 6.07) is 30.9. The number of nitrogens with zero attached hydrogens (tertiary/aromatic N) is 1. The molecular formula is C38H23F2NO4. The number of para-hydroxylation sites is 1. The molecule has 2 unspecified atom stereocenters. The number of hydrogen-bond donors (Lipinski definition) is 0. The summed E-state index contributed by atoms with van der Waals surface area (Å²) in [5.74, 6) is -5.23. The fourth-order valence-electron chi connectivity index (χ4n) is 8.07. The molecule has 2 spiro atoms. The highest BCUT2D eigenvalue weighted by molar-refractivity contribution is 6.39. The second-order valence-corrected chi connectivity index (χ2v) is 11.7. The van der Waals surface area contributed by atoms with Gasteiger partial charge in [0.25, 0.3) is 0 Å². The Balaban J connectivity index is 1.59. The zero-order chi connectivity index (χ0) is 31.1. The van der Waals surface area contributed by atoms with E-state index in [1.54, 1.807) is 95.9 Å². The van der Waals surface area contributed by atoms with E-state index in [-0.39, 0.29) is 33.4 Å². The highest BCUT2D eigenvalue weighted by Crippen LogP contribution is 2.69. The van der Waals surface area contributed by atoms with Crippen molar-refractivity contribution < 1.29 is 28.0 Å². The highest BCUT2D eigenvalue weighted by Gasteiger charge is 2.81. The molecule has 5 nitrogen and oxygen atoms in total. The third kappa shape index (κ3) is 3.30. The van der Waals surface area contributed by atoms with Gasteiger partial charge in [0.15, 0.2) is 28.7 Å². The Hall–Kier alpha value is -5.56. The number of Topliss-reactive ketones (excluding diaryl/α,β-unsaturated/α-hetero) is 4. The van der Waals surface area contributed by atoms with E-state index in [4.69, 9.17) is 0 Å². The number of ketones is 4. The molecule has 0 amide bonds. The standard InChI is InChI=1S/C38H23F2NO4/c39-24-12-8-10-22(20-24)31-37(33(42)27-16-4-5-17-28(27)34(37)43)32(23-11-9-13-25(40)21-23)41(26-14-2-1-3-15-26)38(31)35(44)29-18-6-7-19-30(29)36(38)45/h1-21,31-32H. The molecule has 0 saturated carbocycles. The lowest BCUT2D eigenvalue weighted by atomic mass is 9.60. The predicted octanol–water partition coefficient (Wildman–Crippen LogP) is 7.19. The van der Waals surface area contributed by atoms with Gasteiger partial charge in [-0.25, -0.2) is 8.78 Å². The van der Waals surface area contributed by atoms with Crippen LogP contribution in [-0.2, 0) is 0 Å². The zero-order valence-corrected chi connectivity index (χ0v) is 23.6. The van der Waals surface area contributed by atoms with Crippen molar-refractivity contribution in [1.82, 2.24) is 0 Å². The molecule has 1 heterocycles. The summed E-state index contributed by atoms with van der Waals surface area (Å²) in [6.45, 7) is 0. The summed E-state index contributed by atoms with van der Waals surface area (Å²) < 4.78 is 30.3. The SMILES string of the molecule is O=C1c2ccccc2C(=O)C12C(c1cccc(F)c1)N(c1ccccc1)C1(C(=O)c3ccccc3C1=O)C2c1cccc(F)c1. The smallest absolute Gasteiger partial charge is 0.197 e. The van der Waals surface area contributed by atoms with Crippen molar-refractivity contribution in [2.24, 2.45) is 5.41 Å². The van der Waals surface area contributed by atoms with Crippen molar-refractivity contribution in [3.05, 3.63) is 172 Å². The summed E-state index contributed by atoms with van der Waals surface area (Å²) in [7, 11) is 0. The van der Waals surface area contributed by atoms with Gasteiger partial charge in [-0.1, -0.05) is 91.0 Å². The minimum Gasteiger partial charge on any atom is -0.343 e. The van der Waals surface area contributed by atoms with Gasteiger partial charge in [0.05, 0.1) is 6.04 Å². The van der Waals surface area contributed by atoms with E-state index in [1.165, 1.54) is 36.4 Å². The third-order valence-electron chi connectivity index (χ3n) is 9.60.